The van der Waals surface area contributed by atoms with Crippen LogP contribution in [0, 0.1) is 12.8 Å². The van der Waals surface area contributed by atoms with E-state index in [0.717, 1.165) is 38.4 Å². The van der Waals surface area contributed by atoms with E-state index in [1.165, 1.54) is 12.8 Å². The van der Waals surface area contributed by atoms with Crippen molar-refractivity contribution >= 4 is 5.91 Å². The second-order valence-corrected chi connectivity index (χ2v) is 7.11. The van der Waals surface area contributed by atoms with Crippen molar-refractivity contribution in [2.45, 2.75) is 38.6 Å². The van der Waals surface area contributed by atoms with Crippen LogP contribution in [0.5, 0.6) is 0 Å². The van der Waals surface area contributed by atoms with Crippen molar-refractivity contribution in [3.05, 3.63) is 35.7 Å². The summed E-state index contributed by atoms with van der Waals surface area (Å²) in [6.45, 7) is 4.49. The van der Waals surface area contributed by atoms with Gasteiger partial charge in [0.2, 0.25) is 0 Å². The van der Waals surface area contributed by atoms with E-state index in [0.29, 0.717) is 28.9 Å². The lowest BCUT2D eigenvalue weighted by Crippen LogP contribution is -2.45. The first kappa shape index (κ1) is 16.3. The van der Waals surface area contributed by atoms with Gasteiger partial charge in [0.1, 0.15) is 0 Å². The Morgan fingerprint density at radius 2 is 2.00 bits per heavy atom. The molecule has 2 aliphatic rings. The number of hydrogen-bond donors (Lipinski definition) is 1. The monoisotopic (exact) mass is 340 g/mol. The number of piperidine rings is 1. The first-order valence-electron chi connectivity index (χ1n) is 9.13. The molecule has 1 saturated carbocycles. The molecule has 1 N–H and O–H groups in total. The molecule has 2 fully saturated rings. The van der Waals surface area contributed by atoms with Gasteiger partial charge in [0, 0.05) is 19.1 Å². The first-order chi connectivity index (χ1) is 12.2. The zero-order valence-electron chi connectivity index (χ0n) is 14.6. The summed E-state index contributed by atoms with van der Waals surface area (Å²) in [6.07, 6.45) is 4.77. The number of nitrogens with zero attached hydrogens (tertiary/aromatic N) is 3. The predicted molar refractivity (Wildman–Crippen MR) is 94.1 cm³/mol. The zero-order chi connectivity index (χ0) is 17.2. The van der Waals surface area contributed by atoms with E-state index in [1.807, 2.05) is 29.2 Å². The fourth-order valence-corrected chi connectivity index (χ4v) is 3.37. The molecule has 1 aliphatic heterocycles. The Morgan fingerprint density at radius 1 is 1.24 bits per heavy atom. The van der Waals surface area contributed by atoms with Crippen molar-refractivity contribution in [2.75, 3.05) is 19.6 Å². The Labute approximate surface area is 147 Å². The highest BCUT2D eigenvalue weighted by molar-refractivity contribution is 6.00. The number of carbonyl (C=O) groups is 1. The van der Waals surface area contributed by atoms with Crippen molar-refractivity contribution in [2.24, 2.45) is 5.92 Å². The molecule has 1 amide bonds. The van der Waals surface area contributed by atoms with Gasteiger partial charge < -0.3 is 14.7 Å². The second-order valence-electron chi connectivity index (χ2n) is 7.11. The van der Waals surface area contributed by atoms with Gasteiger partial charge in [-0.2, -0.15) is 4.98 Å². The molecule has 25 heavy (non-hydrogen) atoms. The van der Waals surface area contributed by atoms with Crippen molar-refractivity contribution in [1.29, 1.82) is 0 Å². The molecule has 6 nitrogen and oxygen atoms in total. The molecule has 2 heterocycles. The van der Waals surface area contributed by atoms with Crippen molar-refractivity contribution < 1.29 is 9.32 Å². The maximum Gasteiger partial charge on any atom is 0.258 e. The summed E-state index contributed by atoms with van der Waals surface area (Å²) >= 11 is 0. The highest BCUT2D eigenvalue weighted by Crippen LogP contribution is 2.28. The average molecular weight is 340 g/mol. The molecule has 132 valence electrons. The summed E-state index contributed by atoms with van der Waals surface area (Å²) in [7, 11) is 0. The molecule has 0 atom stereocenters. The summed E-state index contributed by atoms with van der Waals surface area (Å²) in [4.78, 5) is 19.2. The lowest BCUT2D eigenvalue weighted by Gasteiger charge is -2.33. The SMILES string of the molecule is Cc1noc(-c2ccccc2C(=O)N2CCC(NCC3CC3)CC2)n1. The molecular formula is C19H24N4O2. The van der Waals surface area contributed by atoms with Gasteiger partial charge in [-0.25, -0.2) is 0 Å². The molecule has 0 radical (unpaired) electrons. The number of amides is 1. The third-order valence-corrected chi connectivity index (χ3v) is 5.09. The van der Waals surface area contributed by atoms with Gasteiger partial charge in [-0.15, -0.1) is 0 Å². The highest BCUT2D eigenvalue weighted by Gasteiger charge is 2.27. The predicted octanol–water partition coefficient (Wildman–Crippen LogP) is 2.65. The Bertz CT molecular complexity index is 745. The summed E-state index contributed by atoms with van der Waals surface area (Å²) in [5.74, 6) is 1.92. The molecule has 2 aromatic rings. The largest absolute Gasteiger partial charge is 0.339 e. The number of nitrogens with one attached hydrogen (secondary N) is 1. The van der Waals surface area contributed by atoms with E-state index < -0.39 is 0 Å². The number of benzene rings is 1. The van der Waals surface area contributed by atoms with E-state index in [-0.39, 0.29) is 5.91 Å². The van der Waals surface area contributed by atoms with Gasteiger partial charge in [0.15, 0.2) is 5.82 Å². The van der Waals surface area contributed by atoms with Crippen LogP contribution in [0.15, 0.2) is 28.8 Å². The minimum absolute atomic E-state index is 0.0482. The summed E-state index contributed by atoms with van der Waals surface area (Å²) < 4.78 is 5.26. The molecular weight excluding hydrogens is 316 g/mol. The van der Waals surface area contributed by atoms with E-state index in [2.05, 4.69) is 15.5 Å². The number of aryl methyl sites for hydroxylation is 1. The van der Waals surface area contributed by atoms with Crippen LogP contribution >= 0.6 is 0 Å². The van der Waals surface area contributed by atoms with Gasteiger partial charge >= 0.3 is 0 Å². The summed E-state index contributed by atoms with van der Waals surface area (Å²) in [5, 5.41) is 7.49. The summed E-state index contributed by atoms with van der Waals surface area (Å²) in [5.41, 5.74) is 1.35. The highest BCUT2D eigenvalue weighted by atomic mass is 16.5. The van der Waals surface area contributed by atoms with E-state index in [9.17, 15) is 4.79 Å². The van der Waals surface area contributed by atoms with Gasteiger partial charge in [-0.1, -0.05) is 17.3 Å². The van der Waals surface area contributed by atoms with Gasteiger partial charge in [0.05, 0.1) is 11.1 Å². The van der Waals surface area contributed by atoms with Gasteiger partial charge in [-0.05, 0) is 57.2 Å². The van der Waals surface area contributed by atoms with Crippen LogP contribution in [0.2, 0.25) is 0 Å². The standard InChI is InChI=1S/C19H24N4O2/c1-13-21-18(25-22-13)16-4-2-3-5-17(16)19(24)23-10-8-15(9-11-23)20-12-14-6-7-14/h2-5,14-15,20H,6-12H2,1H3. The average Bonchev–Trinajstić information content (AvgIpc) is 3.39. The summed E-state index contributed by atoms with van der Waals surface area (Å²) in [6, 6.07) is 8.01. The Kier molecular flexibility index (Phi) is 4.53. The second kappa shape index (κ2) is 6.96. The van der Waals surface area contributed by atoms with Crippen LogP contribution < -0.4 is 5.32 Å². The van der Waals surface area contributed by atoms with Gasteiger partial charge in [-0.3, -0.25) is 4.79 Å². The zero-order valence-corrected chi connectivity index (χ0v) is 14.6. The lowest BCUT2D eigenvalue weighted by molar-refractivity contribution is 0.0705. The smallest absolute Gasteiger partial charge is 0.258 e. The molecule has 1 aromatic heterocycles. The van der Waals surface area contributed by atoms with Crippen molar-refractivity contribution in [1.82, 2.24) is 20.4 Å². The molecule has 1 aliphatic carbocycles. The number of hydrogen-bond acceptors (Lipinski definition) is 5. The molecule has 0 spiro atoms. The Balaban J connectivity index is 1.43. The first-order valence-corrected chi connectivity index (χ1v) is 9.13. The molecule has 0 bridgehead atoms. The minimum atomic E-state index is 0.0482. The molecule has 0 unspecified atom stereocenters. The fourth-order valence-electron chi connectivity index (χ4n) is 3.37. The van der Waals surface area contributed by atoms with Crippen molar-refractivity contribution in [3.8, 4) is 11.5 Å². The van der Waals surface area contributed by atoms with E-state index in [4.69, 9.17) is 4.52 Å². The van der Waals surface area contributed by atoms with Gasteiger partial charge in [0.25, 0.3) is 11.8 Å². The molecule has 6 heteroatoms. The Morgan fingerprint density at radius 3 is 2.68 bits per heavy atom. The van der Waals surface area contributed by atoms with Crippen LogP contribution in [0.1, 0.15) is 41.9 Å². The van der Waals surface area contributed by atoms with Crippen LogP contribution in [-0.4, -0.2) is 46.6 Å². The number of carbonyl (C=O) groups excluding carboxylic acids is 1. The molecule has 4 rings (SSSR count). The number of likely N-dealkylation sites (tertiary alicyclic amines) is 1. The van der Waals surface area contributed by atoms with Crippen LogP contribution in [-0.2, 0) is 0 Å². The van der Waals surface area contributed by atoms with Crippen LogP contribution in [0.4, 0.5) is 0 Å². The normalized spacial score (nSPS) is 18.5. The third-order valence-electron chi connectivity index (χ3n) is 5.09. The van der Waals surface area contributed by atoms with Crippen LogP contribution in [0.25, 0.3) is 11.5 Å². The fraction of sp³-hybridized carbons (Fsp3) is 0.526. The number of aromatic nitrogens is 2. The maximum atomic E-state index is 13.0. The third kappa shape index (κ3) is 3.74. The molecule has 1 aromatic carbocycles. The van der Waals surface area contributed by atoms with Crippen LogP contribution in [0.3, 0.4) is 0 Å². The quantitative estimate of drug-likeness (QED) is 0.906. The maximum absolute atomic E-state index is 13.0. The topological polar surface area (TPSA) is 71.3 Å². The minimum Gasteiger partial charge on any atom is -0.339 e. The number of rotatable bonds is 5. The van der Waals surface area contributed by atoms with E-state index >= 15 is 0 Å². The lowest BCUT2D eigenvalue weighted by atomic mass is 10.0. The Hall–Kier alpha value is -2.21. The van der Waals surface area contributed by atoms with Crippen molar-refractivity contribution in [3.63, 3.8) is 0 Å². The van der Waals surface area contributed by atoms with E-state index in [1.54, 1.807) is 6.92 Å². The molecule has 1 saturated heterocycles.